The molecule has 0 radical (unpaired) electrons. The molecule has 1 aromatic carbocycles. The van der Waals surface area contributed by atoms with Crippen LogP contribution in [0, 0.1) is 0 Å². The lowest BCUT2D eigenvalue weighted by Gasteiger charge is -2.10. The first kappa shape index (κ1) is 14.4. The van der Waals surface area contributed by atoms with Gasteiger partial charge >= 0.3 is 12.0 Å². The summed E-state index contributed by atoms with van der Waals surface area (Å²) in [6.45, 7) is 0. The minimum absolute atomic E-state index is 0.0993. The fraction of sp³-hybridized carbons (Fsp3) is 0.154. The summed E-state index contributed by atoms with van der Waals surface area (Å²) in [6.07, 6.45) is 0. The molecule has 2 aromatic rings. The lowest BCUT2D eigenvalue weighted by atomic mass is 10.2. The van der Waals surface area contributed by atoms with E-state index in [9.17, 15) is 9.90 Å². The van der Waals surface area contributed by atoms with Crippen LogP contribution in [-0.4, -0.2) is 40.4 Å². The number of aromatic nitrogens is 2. The Morgan fingerprint density at radius 1 is 1.14 bits per heavy atom. The van der Waals surface area contributed by atoms with Crippen molar-refractivity contribution in [2.45, 2.75) is 0 Å². The van der Waals surface area contributed by atoms with Crippen LogP contribution >= 0.6 is 0 Å². The van der Waals surface area contributed by atoms with Crippen molar-refractivity contribution in [2.75, 3.05) is 14.2 Å². The Hall–Kier alpha value is -3.03. The smallest absolute Gasteiger partial charge is 0.343 e. The Labute approximate surface area is 119 Å². The topological polar surface area (TPSA) is 111 Å². The molecule has 2 rings (SSSR count). The first-order valence-corrected chi connectivity index (χ1v) is 5.75. The summed E-state index contributed by atoms with van der Waals surface area (Å²) in [7, 11) is 2.81. The molecule has 110 valence electrons. The largest absolute Gasteiger partial charge is 0.507 e. The minimum atomic E-state index is -1.34. The molecule has 0 aliphatic heterocycles. The van der Waals surface area contributed by atoms with Gasteiger partial charge in [-0.2, -0.15) is 9.97 Å². The van der Waals surface area contributed by atoms with Crippen molar-refractivity contribution in [2.24, 2.45) is 0 Å². The van der Waals surface area contributed by atoms with Gasteiger partial charge in [0.05, 0.1) is 20.3 Å². The van der Waals surface area contributed by atoms with Gasteiger partial charge in [0.25, 0.3) is 0 Å². The third-order valence-electron chi connectivity index (χ3n) is 2.50. The molecule has 1 aromatic heterocycles. The zero-order valence-corrected chi connectivity index (χ0v) is 11.2. The van der Waals surface area contributed by atoms with Gasteiger partial charge in [-0.15, -0.1) is 0 Å². The number of hydrogen-bond acceptors (Lipinski definition) is 7. The zero-order valence-electron chi connectivity index (χ0n) is 11.2. The van der Waals surface area contributed by atoms with E-state index < -0.39 is 11.7 Å². The average molecular weight is 292 g/mol. The highest BCUT2D eigenvalue weighted by atomic mass is 16.5. The molecular weight excluding hydrogens is 280 g/mol. The average Bonchev–Trinajstić information content (AvgIpc) is 2.46. The van der Waals surface area contributed by atoms with E-state index in [1.165, 1.54) is 38.5 Å². The normalized spacial score (nSPS) is 10.0. The van der Waals surface area contributed by atoms with Crippen molar-refractivity contribution in [3.63, 3.8) is 0 Å². The summed E-state index contributed by atoms with van der Waals surface area (Å²) in [4.78, 5) is 19.0. The molecule has 1 heterocycles. The SMILES string of the molecule is COc1cc(OC)nc(Oc2cccc(O)c2C(=O)O)n1. The zero-order chi connectivity index (χ0) is 15.4. The van der Waals surface area contributed by atoms with Crippen LogP contribution in [-0.2, 0) is 0 Å². The summed E-state index contributed by atoms with van der Waals surface area (Å²) < 4.78 is 15.2. The van der Waals surface area contributed by atoms with Crippen molar-refractivity contribution in [3.05, 3.63) is 29.8 Å². The van der Waals surface area contributed by atoms with Crippen LogP contribution in [0.3, 0.4) is 0 Å². The van der Waals surface area contributed by atoms with Gasteiger partial charge in [-0.3, -0.25) is 0 Å². The number of phenols is 1. The van der Waals surface area contributed by atoms with Crippen LogP contribution in [0.1, 0.15) is 10.4 Å². The number of benzene rings is 1. The van der Waals surface area contributed by atoms with E-state index in [2.05, 4.69) is 9.97 Å². The Morgan fingerprint density at radius 2 is 1.76 bits per heavy atom. The van der Waals surface area contributed by atoms with E-state index in [1.54, 1.807) is 0 Å². The van der Waals surface area contributed by atoms with Gasteiger partial charge in [-0.05, 0) is 12.1 Å². The van der Waals surface area contributed by atoms with Gasteiger partial charge in [-0.25, -0.2) is 4.79 Å². The molecule has 0 saturated carbocycles. The summed E-state index contributed by atoms with van der Waals surface area (Å²) in [5.41, 5.74) is -0.386. The Morgan fingerprint density at radius 3 is 2.29 bits per heavy atom. The fourth-order valence-electron chi connectivity index (χ4n) is 1.56. The van der Waals surface area contributed by atoms with Crippen LogP contribution in [0.25, 0.3) is 0 Å². The van der Waals surface area contributed by atoms with E-state index in [0.717, 1.165) is 0 Å². The highest BCUT2D eigenvalue weighted by Gasteiger charge is 2.18. The molecular formula is C13H12N2O6. The van der Waals surface area contributed by atoms with Gasteiger partial charge in [0.2, 0.25) is 11.8 Å². The molecule has 0 amide bonds. The van der Waals surface area contributed by atoms with Crippen LogP contribution in [0.15, 0.2) is 24.3 Å². The van der Waals surface area contributed by atoms with Gasteiger partial charge in [0.1, 0.15) is 17.1 Å². The molecule has 8 heteroatoms. The van der Waals surface area contributed by atoms with Crippen molar-refractivity contribution in [1.29, 1.82) is 0 Å². The maximum atomic E-state index is 11.1. The third kappa shape index (κ3) is 3.11. The van der Waals surface area contributed by atoms with Crippen LogP contribution in [0.5, 0.6) is 29.3 Å². The maximum Gasteiger partial charge on any atom is 0.343 e. The molecule has 0 atom stereocenters. The number of carboxylic acids is 1. The second-order valence-electron chi connectivity index (χ2n) is 3.79. The van der Waals surface area contributed by atoms with Crippen molar-refractivity contribution in [3.8, 4) is 29.3 Å². The number of hydrogen-bond donors (Lipinski definition) is 2. The van der Waals surface area contributed by atoms with Crippen molar-refractivity contribution < 1.29 is 29.2 Å². The predicted octanol–water partition coefficient (Wildman–Crippen LogP) is 1.69. The lowest BCUT2D eigenvalue weighted by Crippen LogP contribution is -2.03. The summed E-state index contributed by atoms with van der Waals surface area (Å²) in [5.74, 6) is -1.48. The lowest BCUT2D eigenvalue weighted by molar-refractivity contribution is 0.0690. The van der Waals surface area contributed by atoms with E-state index in [1.807, 2.05) is 0 Å². The minimum Gasteiger partial charge on any atom is -0.507 e. The summed E-state index contributed by atoms with van der Waals surface area (Å²) in [6, 6.07) is 5.32. The Kier molecular flexibility index (Phi) is 4.07. The summed E-state index contributed by atoms with van der Waals surface area (Å²) in [5, 5.41) is 18.7. The van der Waals surface area contributed by atoms with Crippen molar-refractivity contribution in [1.82, 2.24) is 9.97 Å². The standard InChI is InChI=1S/C13H12N2O6/c1-19-9-6-10(20-2)15-13(14-9)21-8-5-3-4-7(16)11(8)12(17)18/h3-6,16H,1-2H3,(H,17,18). The number of rotatable bonds is 5. The van der Waals surface area contributed by atoms with Crippen molar-refractivity contribution >= 4 is 5.97 Å². The molecule has 0 aliphatic carbocycles. The van der Waals surface area contributed by atoms with E-state index >= 15 is 0 Å². The van der Waals surface area contributed by atoms with Gasteiger partial charge in [0, 0.05) is 0 Å². The predicted molar refractivity (Wildman–Crippen MR) is 70.3 cm³/mol. The number of ether oxygens (including phenoxy) is 3. The first-order valence-electron chi connectivity index (χ1n) is 5.75. The van der Waals surface area contributed by atoms with Crippen LogP contribution < -0.4 is 14.2 Å². The number of carboxylic acid groups (broad SMARTS) is 1. The molecule has 21 heavy (non-hydrogen) atoms. The van der Waals surface area contributed by atoms with Crippen LogP contribution in [0.4, 0.5) is 0 Å². The molecule has 2 N–H and O–H groups in total. The summed E-state index contributed by atoms with van der Waals surface area (Å²) >= 11 is 0. The van der Waals surface area contributed by atoms with E-state index in [-0.39, 0.29) is 29.1 Å². The number of carbonyl (C=O) groups is 1. The van der Waals surface area contributed by atoms with E-state index in [4.69, 9.17) is 19.3 Å². The van der Waals surface area contributed by atoms with Crippen LogP contribution in [0.2, 0.25) is 0 Å². The molecule has 0 unspecified atom stereocenters. The second-order valence-corrected chi connectivity index (χ2v) is 3.79. The molecule has 0 fully saturated rings. The second kappa shape index (κ2) is 5.95. The van der Waals surface area contributed by atoms with E-state index in [0.29, 0.717) is 0 Å². The fourth-order valence-corrected chi connectivity index (χ4v) is 1.56. The highest BCUT2D eigenvalue weighted by Crippen LogP contribution is 2.31. The van der Waals surface area contributed by atoms with Gasteiger partial charge < -0.3 is 24.4 Å². The van der Waals surface area contributed by atoms with Gasteiger partial charge in [0.15, 0.2) is 0 Å². The number of aromatic hydroxyl groups is 1. The molecule has 8 nitrogen and oxygen atoms in total. The molecule has 0 aliphatic rings. The third-order valence-corrected chi connectivity index (χ3v) is 2.50. The molecule has 0 saturated heterocycles. The Balaban J connectivity index is 2.43. The monoisotopic (exact) mass is 292 g/mol. The number of nitrogens with zero attached hydrogens (tertiary/aromatic N) is 2. The molecule has 0 bridgehead atoms. The quantitative estimate of drug-likeness (QED) is 0.856. The Bertz CT molecular complexity index is 651. The van der Waals surface area contributed by atoms with Gasteiger partial charge in [-0.1, -0.05) is 6.07 Å². The number of methoxy groups -OCH3 is 2. The molecule has 0 spiro atoms. The highest BCUT2D eigenvalue weighted by molar-refractivity contribution is 5.94. The first-order chi connectivity index (χ1) is 10.0. The maximum absolute atomic E-state index is 11.1. The number of aromatic carboxylic acids is 1.